The quantitative estimate of drug-likeness (QED) is 0.234. The molecule has 0 aromatic heterocycles. The zero-order valence-electron chi connectivity index (χ0n) is 34.5. The Labute approximate surface area is 337 Å². The van der Waals surface area contributed by atoms with Crippen LogP contribution < -0.4 is 5.11 Å². The van der Waals surface area contributed by atoms with Crippen molar-refractivity contribution in [1.29, 1.82) is 0 Å². The maximum atomic E-state index is 11.5. The second-order valence-electron chi connectivity index (χ2n) is 18.9. The lowest BCUT2D eigenvalue weighted by molar-refractivity contribution is -0.336. The predicted molar refractivity (Wildman–Crippen MR) is 205 cm³/mol. The van der Waals surface area contributed by atoms with E-state index < -0.39 is 71.7 Å². The van der Waals surface area contributed by atoms with Gasteiger partial charge in [-0.05, 0) is 95.1 Å². The summed E-state index contributed by atoms with van der Waals surface area (Å²) < 4.78 is 45.2. The van der Waals surface area contributed by atoms with E-state index in [9.17, 15) is 30.3 Å². The molecule has 6 fully saturated rings. The summed E-state index contributed by atoms with van der Waals surface area (Å²) in [5, 5.41) is 56.0. The molecule has 7 rings (SSSR count). The molecule has 13 heteroatoms. The van der Waals surface area contributed by atoms with Crippen LogP contribution in [0.25, 0.3) is 0 Å². The average molecular weight is 804 g/mol. The average Bonchev–Trinajstić information content (AvgIpc) is 3.56. The maximum Gasteiger partial charge on any atom is 0.215 e. The van der Waals surface area contributed by atoms with E-state index in [1.165, 1.54) is 6.92 Å². The number of aliphatic carboxylic acids is 1. The van der Waals surface area contributed by atoms with Crippen LogP contribution in [0, 0.1) is 17.8 Å². The van der Waals surface area contributed by atoms with Gasteiger partial charge in [-0.2, -0.15) is 0 Å². The molecule has 7 aliphatic heterocycles. The van der Waals surface area contributed by atoms with Gasteiger partial charge in [-0.1, -0.05) is 45.1 Å². The smallest absolute Gasteiger partial charge is 0.215 e. The highest BCUT2D eigenvalue weighted by Crippen LogP contribution is 2.47. The van der Waals surface area contributed by atoms with Crippen molar-refractivity contribution in [3.63, 3.8) is 0 Å². The number of carboxylic acids is 1. The Morgan fingerprint density at radius 2 is 1.77 bits per heavy atom. The Balaban J connectivity index is 0.920. The maximum absolute atomic E-state index is 11.5. The molecule has 0 unspecified atom stereocenters. The number of carboxylic acid groups (broad SMARTS) is 1. The van der Waals surface area contributed by atoms with Gasteiger partial charge in [0.25, 0.3) is 0 Å². The highest BCUT2D eigenvalue weighted by atomic mass is 16.7. The summed E-state index contributed by atoms with van der Waals surface area (Å²) in [5.74, 6) is -4.11. The fourth-order valence-electron chi connectivity index (χ4n) is 10.5. The minimum Gasteiger partial charge on any atom is -0.547 e. The molecule has 57 heavy (non-hydrogen) atoms. The van der Waals surface area contributed by atoms with Gasteiger partial charge in [0.1, 0.15) is 30.0 Å². The van der Waals surface area contributed by atoms with Gasteiger partial charge in [0.15, 0.2) is 11.6 Å². The summed E-state index contributed by atoms with van der Waals surface area (Å²) >= 11 is 0. The number of carbonyl (C=O) groups excluding carboxylic acids is 1. The van der Waals surface area contributed by atoms with Crippen LogP contribution >= 0.6 is 0 Å². The second kappa shape index (κ2) is 17.0. The van der Waals surface area contributed by atoms with Gasteiger partial charge in [0.2, 0.25) is 5.79 Å². The van der Waals surface area contributed by atoms with E-state index in [4.69, 9.17) is 33.2 Å². The van der Waals surface area contributed by atoms with Crippen LogP contribution in [0.5, 0.6) is 0 Å². The molecule has 7 heterocycles. The molecule has 6 saturated heterocycles. The van der Waals surface area contributed by atoms with Crippen molar-refractivity contribution in [3.05, 3.63) is 36.0 Å². The number of hydrogen-bond acceptors (Lipinski definition) is 13. The van der Waals surface area contributed by atoms with Crippen LogP contribution in [-0.2, 0) is 38.0 Å². The Bertz CT molecular complexity index is 1510. The Hall–Kier alpha value is -1.75. The normalized spacial score (nSPS) is 45.4. The van der Waals surface area contributed by atoms with Crippen LogP contribution in [0.1, 0.15) is 125 Å². The van der Waals surface area contributed by atoms with Crippen molar-refractivity contribution in [2.24, 2.45) is 17.8 Å². The summed E-state index contributed by atoms with van der Waals surface area (Å²) in [6, 6.07) is 0. The van der Waals surface area contributed by atoms with Crippen molar-refractivity contribution in [1.82, 2.24) is 0 Å². The van der Waals surface area contributed by atoms with E-state index in [0.29, 0.717) is 56.4 Å². The topological polar surface area (TPSA) is 186 Å². The lowest BCUT2D eigenvalue weighted by Gasteiger charge is -2.50. The number of aliphatic hydroxyl groups is 4. The third-order valence-corrected chi connectivity index (χ3v) is 14.0. The number of hydrogen-bond donors (Lipinski definition) is 4. The van der Waals surface area contributed by atoms with E-state index >= 15 is 0 Å². The van der Waals surface area contributed by atoms with Crippen molar-refractivity contribution in [2.75, 3.05) is 6.61 Å². The molecule has 17 atom stereocenters. The number of aliphatic hydroxyl groups excluding tert-OH is 3. The van der Waals surface area contributed by atoms with E-state index in [1.54, 1.807) is 6.08 Å². The zero-order chi connectivity index (χ0) is 40.9. The second-order valence-corrected chi connectivity index (χ2v) is 18.9. The third-order valence-electron chi connectivity index (χ3n) is 14.0. The molecule has 0 amide bonds. The molecule has 322 valence electrons. The molecule has 7 aliphatic rings. The largest absolute Gasteiger partial charge is 0.547 e. The van der Waals surface area contributed by atoms with Crippen molar-refractivity contribution < 1.29 is 63.5 Å². The third kappa shape index (κ3) is 9.15. The van der Waals surface area contributed by atoms with Gasteiger partial charge in [-0.15, -0.1) is 0 Å². The van der Waals surface area contributed by atoms with Crippen molar-refractivity contribution in [2.45, 2.75) is 209 Å². The lowest BCUT2D eigenvalue weighted by atomic mass is 9.79. The SMILES string of the molecule is C=C1[C@@H](O)[C@@H]2O[C@@]3(CC[C@H](C=C[C@@H](C)[C@H]4CC(C)=C[C@@]5(O[C@H](C[C@@](C)(O)C(=O)[O-])CC[C@H]5O)O4)O3)CC[C@H]2O[C@@H]1[C@@H](O)C[C@H](C)[C@H]1O[C@@]2(CCCCO2)CC[C@H]1C. The first kappa shape index (κ1) is 43.3. The van der Waals surface area contributed by atoms with Gasteiger partial charge in [0.05, 0.1) is 49.2 Å². The Morgan fingerprint density at radius 3 is 2.51 bits per heavy atom. The van der Waals surface area contributed by atoms with Crippen molar-refractivity contribution in [3.8, 4) is 0 Å². The number of carbonyl (C=O) groups is 1. The highest BCUT2D eigenvalue weighted by molar-refractivity contribution is 5.74. The fourth-order valence-corrected chi connectivity index (χ4v) is 10.5. The summed E-state index contributed by atoms with van der Waals surface area (Å²) in [6.07, 6.45) is 9.10. The molecule has 0 bridgehead atoms. The van der Waals surface area contributed by atoms with Crippen LogP contribution in [0.2, 0.25) is 0 Å². The molecule has 0 radical (unpaired) electrons. The first-order valence-electron chi connectivity index (χ1n) is 21.6. The van der Waals surface area contributed by atoms with E-state index in [-0.39, 0.29) is 36.6 Å². The van der Waals surface area contributed by atoms with E-state index in [2.05, 4.69) is 20.4 Å². The Kier molecular flexibility index (Phi) is 12.9. The minimum atomic E-state index is -2.07. The van der Waals surface area contributed by atoms with Crippen LogP contribution in [0.15, 0.2) is 36.0 Å². The molecule has 0 aliphatic carbocycles. The van der Waals surface area contributed by atoms with Gasteiger partial charge in [-0.25, -0.2) is 0 Å². The number of rotatable bonds is 10. The number of ether oxygens (including phenoxy) is 7. The van der Waals surface area contributed by atoms with E-state index in [1.807, 2.05) is 26.0 Å². The monoisotopic (exact) mass is 803 g/mol. The molecular weight excluding hydrogens is 736 g/mol. The molecule has 4 N–H and O–H groups in total. The molecule has 0 saturated carbocycles. The molecule has 0 aromatic carbocycles. The van der Waals surface area contributed by atoms with Gasteiger partial charge in [-0.3, -0.25) is 0 Å². The summed E-state index contributed by atoms with van der Waals surface area (Å²) in [5.41, 5.74) is -0.677. The Morgan fingerprint density at radius 1 is 1.02 bits per heavy atom. The summed E-state index contributed by atoms with van der Waals surface area (Å²) in [4.78, 5) is 11.5. The van der Waals surface area contributed by atoms with E-state index in [0.717, 1.165) is 50.7 Å². The van der Waals surface area contributed by atoms with Gasteiger partial charge < -0.3 is 63.5 Å². The van der Waals surface area contributed by atoms with Crippen molar-refractivity contribution >= 4 is 5.97 Å². The first-order chi connectivity index (χ1) is 26.9. The predicted octanol–water partition coefficient (Wildman–Crippen LogP) is 3.88. The number of fused-ring (bicyclic) bond motifs is 1. The van der Waals surface area contributed by atoms with Gasteiger partial charge >= 0.3 is 0 Å². The molecule has 13 nitrogen and oxygen atoms in total. The molecule has 3 spiro atoms. The molecular formula is C44H67O13-. The lowest BCUT2D eigenvalue weighted by Crippen LogP contribution is -2.60. The highest BCUT2D eigenvalue weighted by Gasteiger charge is 2.55. The van der Waals surface area contributed by atoms with Gasteiger partial charge in [0, 0.05) is 38.0 Å². The summed E-state index contributed by atoms with van der Waals surface area (Å²) in [6.45, 7) is 14.4. The molecule has 0 aromatic rings. The first-order valence-corrected chi connectivity index (χ1v) is 21.6. The summed E-state index contributed by atoms with van der Waals surface area (Å²) in [7, 11) is 0. The standard InChI is InChI=1S/C44H68O13/c1-25-21-34(55-44(23-25)35(46)12-11-31(54-44)24-41(6,50)40(48)49)26(2)9-10-30-14-18-43(53-30)19-15-33-39(57-43)36(47)29(5)38(52-33)32(45)22-28(4)37-27(3)13-17-42(56-37)16-7-8-20-51-42/h9-10,23,26-28,30-39,45-47,50H,5,7-8,11-22,24H2,1-4,6H3,(H,48,49)/p-1/t26-,27-,28+,30+,31+,32+,33-,34-,35-,36-,37+,38+,39-,41-,42+,43+,44-/m1/s1. The van der Waals surface area contributed by atoms with Crippen LogP contribution in [0.4, 0.5) is 0 Å². The fraction of sp³-hybridized carbons (Fsp3) is 0.841. The zero-order valence-corrected chi connectivity index (χ0v) is 34.5. The minimum absolute atomic E-state index is 0.0441. The van der Waals surface area contributed by atoms with Crippen LogP contribution in [0.3, 0.4) is 0 Å². The van der Waals surface area contributed by atoms with Crippen LogP contribution in [-0.4, -0.2) is 117 Å².